The minimum absolute atomic E-state index is 0.567. The maximum Gasteiger partial charge on any atom is 0.181 e. The lowest BCUT2D eigenvalue weighted by atomic mass is 10.1. The second-order valence-corrected chi connectivity index (χ2v) is 5.84. The number of aromatic nitrogens is 1. The summed E-state index contributed by atoms with van der Waals surface area (Å²) in [4.78, 5) is 4.30. The lowest BCUT2D eigenvalue weighted by Gasteiger charge is -2.11. The standard InChI is InChI=1S/C15H13ClN2OS/c1-2-9-7-11-14(20-15(17)18-11)8-13(9)19-12-6-4-3-5-10(12)16/h3-8H,2H2,1H3,(H2,17,18). The summed E-state index contributed by atoms with van der Waals surface area (Å²) in [5.74, 6) is 1.46. The zero-order valence-electron chi connectivity index (χ0n) is 10.9. The number of nitrogen functional groups attached to an aromatic ring is 1. The van der Waals surface area contributed by atoms with Gasteiger partial charge in [-0.15, -0.1) is 0 Å². The Hall–Kier alpha value is -1.78. The maximum absolute atomic E-state index is 6.14. The molecule has 3 nitrogen and oxygen atoms in total. The van der Waals surface area contributed by atoms with Gasteiger partial charge in [0.2, 0.25) is 0 Å². The van der Waals surface area contributed by atoms with E-state index in [1.165, 1.54) is 11.3 Å². The van der Waals surface area contributed by atoms with Crippen molar-refractivity contribution in [1.29, 1.82) is 0 Å². The Morgan fingerprint density at radius 3 is 2.80 bits per heavy atom. The summed E-state index contributed by atoms with van der Waals surface area (Å²) in [7, 11) is 0. The molecule has 0 aliphatic rings. The van der Waals surface area contributed by atoms with Gasteiger partial charge in [-0.2, -0.15) is 0 Å². The van der Waals surface area contributed by atoms with Crippen LogP contribution in [0.2, 0.25) is 5.02 Å². The third-order valence-electron chi connectivity index (χ3n) is 3.02. The van der Waals surface area contributed by atoms with Crippen molar-refractivity contribution in [1.82, 2.24) is 4.98 Å². The van der Waals surface area contributed by atoms with E-state index in [4.69, 9.17) is 22.1 Å². The molecule has 5 heteroatoms. The zero-order valence-corrected chi connectivity index (χ0v) is 12.5. The van der Waals surface area contributed by atoms with E-state index in [0.717, 1.165) is 28.0 Å². The highest BCUT2D eigenvalue weighted by Crippen LogP contribution is 2.35. The molecule has 0 bridgehead atoms. The predicted octanol–water partition coefficient (Wildman–Crippen LogP) is 4.89. The van der Waals surface area contributed by atoms with Gasteiger partial charge in [0.05, 0.1) is 15.2 Å². The molecule has 0 unspecified atom stereocenters. The molecular weight excluding hydrogens is 292 g/mol. The van der Waals surface area contributed by atoms with Crippen molar-refractivity contribution in [2.45, 2.75) is 13.3 Å². The summed E-state index contributed by atoms with van der Waals surface area (Å²) in [5, 5.41) is 1.16. The van der Waals surface area contributed by atoms with Gasteiger partial charge < -0.3 is 10.5 Å². The highest BCUT2D eigenvalue weighted by atomic mass is 35.5. The van der Waals surface area contributed by atoms with Crippen molar-refractivity contribution < 1.29 is 4.74 Å². The highest BCUT2D eigenvalue weighted by molar-refractivity contribution is 7.22. The summed E-state index contributed by atoms with van der Waals surface area (Å²) in [6.45, 7) is 2.08. The summed E-state index contributed by atoms with van der Waals surface area (Å²) in [6, 6.07) is 11.4. The molecule has 1 aromatic heterocycles. The molecule has 0 aliphatic heterocycles. The second-order valence-electron chi connectivity index (χ2n) is 4.37. The second kappa shape index (κ2) is 5.31. The zero-order chi connectivity index (χ0) is 14.1. The fourth-order valence-electron chi connectivity index (χ4n) is 2.03. The van der Waals surface area contributed by atoms with Gasteiger partial charge in [-0.25, -0.2) is 4.98 Å². The smallest absolute Gasteiger partial charge is 0.181 e. The molecule has 2 N–H and O–H groups in total. The molecule has 3 rings (SSSR count). The SMILES string of the molecule is CCc1cc2nc(N)sc2cc1Oc1ccccc1Cl. The van der Waals surface area contributed by atoms with E-state index in [9.17, 15) is 0 Å². The molecule has 102 valence electrons. The van der Waals surface area contributed by atoms with Crippen LogP contribution >= 0.6 is 22.9 Å². The van der Waals surface area contributed by atoms with E-state index in [0.29, 0.717) is 15.9 Å². The molecule has 20 heavy (non-hydrogen) atoms. The van der Waals surface area contributed by atoms with E-state index in [2.05, 4.69) is 11.9 Å². The van der Waals surface area contributed by atoms with Crippen LogP contribution in [-0.2, 0) is 6.42 Å². The average Bonchev–Trinajstić information content (AvgIpc) is 2.79. The van der Waals surface area contributed by atoms with Crippen LogP contribution < -0.4 is 10.5 Å². The van der Waals surface area contributed by atoms with Gasteiger partial charge in [0, 0.05) is 6.07 Å². The van der Waals surface area contributed by atoms with E-state index in [1.807, 2.05) is 36.4 Å². The molecule has 0 radical (unpaired) electrons. The predicted molar refractivity (Wildman–Crippen MR) is 84.9 cm³/mol. The Kier molecular flexibility index (Phi) is 3.51. The normalized spacial score (nSPS) is 10.9. The maximum atomic E-state index is 6.14. The fourth-order valence-corrected chi connectivity index (χ4v) is 2.95. The first-order chi connectivity index (χ1) is 9.67. The van der Waals surface area contributed by atoms with Crippen LogP contribution in [0.1, 0.15) is 12.5 Å². The molecule has 0 aliphatic carbocycles. The number of benzene rings is 2. The monoisotopic (exact) mass is 304 g/mol. The van der Waals surface area contributed by atoms with Crippen LogP contribution in [0.25, 0.3) is 10.2 Å². The Morgan fingerprint density at radius 2 is 2.05 bits per heavy atom. The van der Waals surface area contributed by atoms with E-state index in [1.54, 1.807) is 0 Å². The number of aryl methyl sites for hydroxylation is 1. The number of fused-ring (bicyclic) bond motifs is 1. The quantitative estimate of drug-likeness (QED) is 0.749. The largest absolute Gasteiger partial charge is 0.455 e. The van der Waals surface area contributed by atoms with Crippen molar-refractivity contribution in [3.8, 4) is 11.5 Å². The first-order valence-corrected chi connectivity index (χ1v) is 7.48. The molecule has 0 atom stereocenters. The van der Waals surface area contributed by atoms with Crippen molar-refractivity contribution in [3.63, 3.8) is 0 Å². The Morgan fingerprint density at radius 1 is 1.25 bits per heavy atom. The molecule has 0 saturated carbocycles. The highest BCUT2D eigenvalue weighted by Gasteiger charge is 2.10. The van der Waals surface area contributed by atoms with E-state index in [-0.39, 0.29) is 0 Å². The first-order valence-electron chi connectivity index (χ1n) is 6.28. The van der Waals surface area contributed by atoms with Gasteiger partial charge in [0.15, 0.2) is 5.13 Å². The van der Waals surface area contributed by atoms with E-state index < -0.39 is 0 Å². The van der Waals surface area contributed by atoms with Crippen LogP contribution in [-0.4, -0.2) is 4.98 Å². The number of hydrogen-bond acceptors (Lipinski definition) is 4. The molecule has 0 fully saturated rings. The molecule has 0 saturated heterocycles. The lowest BCUT2D eigenvalue weighted by Crippen LogP contribution is -1.91. The summed E-state index contributed by atoms with van der Waals surface area (Å²) < 4.78 is 6.97. The van der Waals surface area contributed by atoms with Crippen LogP contribution in [0, 0.1) is 0 Å². The minimum atomic E-state index is 0.567. The van der Waals surface area contributed by atoms with Gasteiger partial charge in [0.25, 0.3) is 0 Å². The number of nitrogens with zero attached hydrogens (tertiary/aromatic N) is 1. The number of para-hydroxylation sites is 1. The number of halogens is 1. The Balaban J connectivity index is 2.07. The van der Waals surface area contributed by atoms with Crippen LogP contribution in [0.5, 0.6) is 11.5 Å². The van der Waals surface area contributed by atoms with E-state index >= 15 is 0 Å². The minimum Gasteiger partial charge on any atom is -0.455 e. The molecule has 2 aromatic carbocycles. The molecule has 1 heterocycles. The Labute approximate surface area is 126 Å². The van der Waals surface area contributed by atoms with Crippen LogP contribution in [0.4, 0.5) is 5.13 Å². The van der Waals surface area contributed by atoms with Gasteiger partial charge in [-0.3, -0.25) is 0 Å². The van der Waals surface area contributed by atoms with Gasteiger partial charge in [-0.05, 0) is 30.2 Å². The number of nitrogens with two attached hydrogens (primary N) is 1. The molecule has 0 spiro atoms. The van der Waals surface area contributed by atoms with Crippen molar-refractivity contribution >= 4 is 38.3 Å². The van der Waals surface area contributed by atoms with Crippen molar-refractivity contribution in [2.75, 3.05) is 5.73 Å². The van der Waals surface area contributed by atoms with Gasteiger partial charge >= 0.3 is 0 Å². The van der Waals surface area contributed by atoms with Crippen LogP contribution in [0.15, 0.2) is 36.4 Å². The van der Waals surface area contributed by atoms with Crippen molar-refractivity contribution in [2.24, 2.45) is 0 Å². The number of hydrogen-bond donors (Lipinski definition) is 1. The van der Waals surface area contributed by atoms with Crippen molar-refractivity contribution in [3.05, 3.63) is 47.0 Å². The lowest BCUT2D eigenvalue weighted by molar-refractivity contribution is 0.478. The fraction of sp³-hybridized carbons (Fsp3) is 0.133. The first kappa shape index (κ1) is 13.2. The van der Waals surface area contributed by atoms with Gasteiger partial charge in [0.1, 0.15) is 11.5 Å². The number of ether oxygens (including phenoxy) is 1. The molecule has 3 aromatic rings. The number of rotatable bonds is 3. The van der Waals surface area contributed by atoms with Gasteiger partial charge in [-0.1, -0.05) is 42.0 Å². The summed E-state index contributed by atoms with van der Waals surface area (Å²) >= 11 is 7.59. The molecule has 0 amide bonds. The third kappa shape index (κ3) is 2.44. The molecular formula is C15H13ClN2OS. The summed E-state index contributed by atoms with van der Waals surface area (Å²) in [6.07, 6.45) is 0.854. The third-order valence-corrected chi connectivity index (χ3v) is 4.18. The average molecular weight is 305 g/mol. The topological polar surface area (TPSA) is 48.1 Å². The Bertz CT molecular complexity index is 770. The number of thiazole rings is 1. The summed E-state index contributed by atoms with van der Waals surface area (Å²) in [5.41, 5.74) is 7.75. The number of anilines is 1. The van der Waals surface area contributed by atoms with Crippen LogP contribution in [0.3, 0.4) is 0 Å².